The number of anilines is 1. The number of rotatable bonds is 11. The van der Waals surface area contributed by atoms with E-state index in [4.69, 9.17) is 11.6 Å². The predicted octanol–water partition coefficient (Wildman–Crippen LogP) is 5.40. The summed E-state index contributed by atoms with van der Waals surface area (Å²) in [7, 11) is -4.11. The molecule has 0 unspecified atom stereocenters. The Morgan fingerprint density at radius 1 is 0.923 bits per heavy atom. The van der Waals surface area contributed by atoms with Crippen LogP contribution in [0.5, 0.6) is 0 Å². The molecule has 3 aromatic carbocycles. The molecule has 0 aromatic heterocycles. The van der Waals surface area contributed by atoms with Gasteiger partial charge in [-0.2, -0.15) is 0 Å². The van der Waals surface area contributed by atoms with Gasteiger partial charge in [-0.3, -0.25) is 13.9 Å². The van der Waals surface area contributed by atoms with Gasteiger partial charge in [0.2, 0.25) is 11.8 Å². The molecule has 9 heteroatoms. The van der Waals surface area contributed by atoms with Crippen LogP contribution in [0.25, 0.3) is 0 Å². The van der Waals surface area contributed by atoms with Crippen LogP contribution in [0.3, 0.4) is 0 Å². The van der Waals surface area contributed by atoms with E-state index in [0.717, 1.165) is 27.4 Å². The maximum absolute atomic E-state index is 14.0. The Morgan fingerprint density at radius 3 is 2.15 bits per heavy atom. The van der Waals surface area contributed by atoms with Gasteiger partial charge in [0.05, 0.1) is 10.6 Å². The van der Waals surface area contributed by atoms with E-state index in [2.05, 4.69) is 5.32 Å². The zero-order valence-electron chi connectivity index (χ0n) is 23.1. The van der Waals surface area contributed by atoms with E-state index in [1.54, 1.807) is 61.5 Å². The second kappa shape index (κ2) is 13.1. The van der Waals surface area contributed by atoms with Gasteiger partial charge in [0, 0.05) is 18.1 Å². The molecule has 39 heavy (non-hydrogen) atoms. The molecule has 0 bridgehead atoms. The minimum absolute atomic E-state index is 0.0831. The third-order valence-corrected chi connectivity index (χ3v) is 8.53. The predicted molar refractivity (Wildman–Crippen MR) is 156 cm³/mol. The molecule has 0 fully saturated rings. The van der Waals surface area contributed by atoms with Crippen molar-refractivity contribution in [2.45, 2.75) is 58.5 Å². The van der Waals surface area contributed by atoms with E-state index in [1.807, 2.05) is 39.8 Å². The molecule has 3 aromatic rings. The lowest BCUT2D eigenvalue weighted by Crippen LogP contribution is -2.51. The number of benzene rings is 3. The van der Waals surface area contributed by atoms with Crippen LogP contribution < -0.4 is 9.62 Å². The van der Waals surface area contributed by atoms with E-state index < -0.39 is 28.5 Å². The maximum atomic E-state index is 14.0. The topological polar surface area (TPSA) is 86.8 Å². The Kier molecular flexibility index (Phi) is 10.2. The molecule has 2 amide bonds. The number of sulfonamides is 1. The maximum Gasteiger partial charge on any atom is 0.264 e. The monoisotopic (exact) mass is 569 g/mol. The van der Waals surface area contributed by atoms with Crippen LogP contribution in [0.1, 0.15) is 42.5 Å². The van der Waals surface area contributed by atoms with E-state index in [-0.39, 0.29) is 17.3 Å². The summed E-state index contributed by atoms with van der Waals surface area (Å²) in [5.74, 6) is -0.806. The van der Waals surface area contributed by atoms with E-state index in [9.17, 15) is 18.0 Å². The minimum atomic E-state index is -4.11. The number of carbonyl (C=O) groups is 2. The van der Waals surface area contributed by atoms with Crippen molar-refractivity contribution in [3.8, 4) is 0 Å². The van der Waals surface area contributed by atoms with Crippen molar-refractivity contribution >= 4 is 39.1 Å². The number of halogens is 1. The molecule has 0 aliphatic heterocycles. The molecule has 0 saturated carbocycles. The largest absolute Gasteiger partial charge is 0.354 e. The number of hydrogen-bond acceptors (Lipinski definition) is 4. The zero-order valence-corrected chi connectivity index (χ0v) is 24.6. The first-order valence-corrected chi connectivity index (χ1v) is 14.7. The van der Waals surface area contributed by atoms with Crippen LogP contribution in [-0.4, -0.2) is 44.3 Å². The number of nitrogens with zero attached hydrogens (tertiary/aromatic N) is 2. The highest BCUT2D eigenvalue weighted by molar-refractivity contribution is 7.92. The molecule has 0 saturated heterocycles. The average molecular weight is 570 g/mol. The SMILES string of the molecule is CCCNC(=O)[C@@H](C)N(Cc1ccc(Cl)cc1)C(=O)CN(c1cc(C)ccc1C)S(=O)(=O)c1ccc(C)cc1. The lowest BCUT2D eigenvalue weighted by atomic mass is 10.1. The van der Waals surface area contributed by atoms with Gasteiger partial charge in [-0.15, -0.1) is 0 Å². The van der Waals surface area contributed by atoms with E-state index >= 15 is 0 Å². The van der Waals surface area contributed by atoms with Crippen molar-refractivity contribution in [3.63, 3.8) is 0 Å². The average Bonchev–Trinajstić information content (AvgIpc) is 2.91. The van der Waals surface area contributed by atoms with Crippen LogP contribution in [0.15, 0.2) is 71.6 Å². The van der Waals surface area contributed by atoms with Gasteiger partial charge >= 0.3 is 0 Å². The van der Waals surface area contributed by atoms with Crippen molar-refractivity contribution in [1.29, 1.82) is 0 Å². The molecule has 1 atom stereocenters. The van der Waals surface area contributed by atoms with Gasteiger partial charge in [0.1, 0.15) is 12.6 Å². The summed E-state index contributed by atoms with van der Waals surface area (Å²) < 4.78 is 29.1. The van der Waals surface area contributed by atoms with Gasteiger partial charge in [0.15, 0.2) is 0 Å². The highest BCUT2D eigenvalue weighted by atomic mass is 35.5. The minimum Gasteiger partial charge on any atom is -0.354 e. The standard InChI is InChI=1S/C30H36ClN3O4S/c1-6-17-32-30(36)24(5)33(19-25-11-13-26(31)14-12-25)29(35)20-34(28-18-22(3)7-10-23(28)4)39(37,38)27-15-8-21(2)9-16-27/h7-16,18,24H,6,17,19-20H2,1-5H3,(H,32,36)/t24-/m1/s1. The summed E-state index contributed by atoms with van der Waals surface area (Å²) in [6, 6.07) is 18.2. The van der Waals surface area contributed by atoms with Crippen LogP contribution in [0.2, 0.25) is 5.02 Å². The zero-order chi connectivity index (χ0) is 28.7. The van der Waals surface area contributed by atoms with E-state index in [1.165, 1.54) is 4.90 Å². The van der Waals surface area contributed by atoms with Crippen molar-refractivity contribution in [2.75, 3.05) is 17.4 Å². The Balaban J connectivity index is 2.05. The van der Waals surface area contributed by atoms with Crippen LogP contribution in [-0.2, 0) is 26.2 Å². The normalized spacial score (nSPS) is 12.1. The van der Waals surface area contributed by atoms with Gasteiger partial charge in [-0.05, 0) is 81.1 Å². The molecule has 7 nitrogen and oxygen atoms in total. The van der Waals surface area contributed by atoms with Crippen molar-refractivity contribution in [3.05, 3.63) is 94.0 Å². The molecule has 208 valence electrons. The summed E-state index contributed by atoms with van der Waals surface area (Å²) >= 11 is 6.05. The van der Waals surface area contributed by atoms with Crippen LogP contribution in [0, 0.1) is 20.8 Å². The molecule has 0 radical (unpaired) electrons. The van der Waals surface area contributed by atoms with Gasteiger partial charge in [-0.1, -0.05) is 60.5 Å². The number of hydrogen-bond donors (Lipinski definition) is 1. The fourth-order valence-electron chi connectivity index (χ4n) is 4.10. The first kappa shape index (κ1) is 30.2. The fourth-order valence-corrected chi connectivity index (χ4v) is 5.70. The van der Waals surface area contributed by atoms with Crippen LogP contribution >= 0.6 is 11.6 Å². The third-order valence-electron chi connectivity index (χ3n) is 6.50. The fraction of sp³-hybridized carbons (Fsp3) is 0.333. The highest BCUT2D eigenvalue weighted by Gasteiger charge is 2.33. The molecular weight excluding hydrogens is 534 g/mol. The third kappa shape index (κ3) is 7.61. The molecule has 0 heterocycles. The smallest absolute Gasteiger partial charge is 0.264 e. The summed E-state index contributed by atoms with van der Waals surface area (Å²) in [6.45, 7) is 9.26. The van der Waals surface area contributed by atoms with Gasteiger partial charge < -0.3 is 10.2 Å². The van der Waals surface area contributed by atoms with Crippen LogP contribution in [0.4, 0.5) is 5.69 Å². The van der Waals surface area contributed by atoms with E-state index in [0.29, 0.717) is 22.8 Å². The summed E-state index contributed by atoms with van der Waals surface area (Å²) in [5.41, 5.74) is 3.67. The second-order valence-corrected chi connectivity index (χ2v) is 12.0. The summed E-state index contributed by atoms with van der Waals surface area (Å²) in [5, 5.41) is 3.39. The lowest BCUT2D eigenvalue weighted by Gasteiger charge is -2.32. The molecule has 1 N–H and O–H groups in total. The van der Waals surface area contributed by atoms with Gasteiger partial charge in [0.25, 0.3) is 10.0 Å². The van der Waals surface area contributed by atoms with Crippen molar-refractivity contribution in [2.24, 2.45) is 0 Å². The number of aryl methyl sites for hydroxylation is 3. The molecule has 0 aliphatic rings. The lowest BCUT2D eigenvalue weighted by molar-refractivity contribution is -0.139. The number of carbonyl (C=O) groups excluding carboxylic acids is 2. The summed E-state index contributed by atoms with van der Waals surface area (Å²) in [4.78, 5) is 28.4. The second-order valence-electron chi connectivity index (χ2n) is 9.73. The first-order valence-electron chi connectivity index (χ1n) is 12.9. The number of amides is 2. The Morgan fingerprint density at radius 2 is 1.54 bits per heavy atom. The Hall–Kier alpha value is -3.36. The molecule has 0 aliphatic carbocycles. The van der Waals surface area contributed by atoms with Gasteiger partial charge in [-0.25, -0.2) is 8.42 Å². The van der Waals surface area contributed by atoms with Crippen molar-refractivity contribution < 1.29 is 18.0 Å². The quantitative estimate of drug-likeness (QED) is 0.335. The molecule has 0 spiro atoms. The Bertz CT molecular complexity index is 1410. The molecular formula is C30H36ClN3O4S. The highest BCUT2D eigenvalue weighted by Crippen LogP contribution is 2.29. The number of nitrogens with one attached hydrogen (secondary N) is 1. The first-order chi connectivity index (χ1) is 18.4. The summed E-state index contributed by atoms with van der Waals surface area (Å²) in [6.07, 6.45) is 0.749. The van der Waals surface area contributed by atoms with Crippen molar-refractivity contribution in [1.82, 2.24) is 10.2 Å². The molecule has 3 rings (SSSR count). The Labute approximate surface area is 236 Å².